The average molecular weight is 253 g/mol. The van der Waals surface area contributed by atoms with Crippen molar-refractivity contribution in [1.82, 2.24) is 0 Å². The van der Waals surface area contributed by atoms with Gasteiger partial charge in [0.25, 0.3) is 0 Å². The van der Waals surface area contributed by atoms with Gasteiger partial charge in [0.1, 0.15) is 0 Å². The van der Waals surface area contributed by atoms with Crippen LogP contribution in [0.25, 0.3) is 0 Å². The summed E-state index contributed by atoms with van der Waals surface area (Å²) in [5.41, 5.74) is 0. The number of rotatable bonds is 3. The van der Waals surface area contributed by atoms with Crippen molar-refractivity contribution in [1.29, 1.82) is 0 Å². The Labute approximate surface area is 85.7 Å². The molecular formula is C8H13BrO4. The first kappa shape index (κ1) is 12.4. The first-order valence-corrected chi connectivity index (χ1v) is 4.56. The minimum atomic E-state index is -1.39. The summed E-state index contributed by atoms with van der Waals surface area (Å²) in [6.07, 6.45) is 0. The normalized spacial score (nSPS) is 11.2. The van der Waals surface area contributed by atoms with Crippen LogP contribution in [-0.4, -0.2) is 30.5 Å². The van der Waals surface area contributed by atoms with E-state index in [0.717, 1.165) is 0 Å². The highest BCUT2D eigenvalue weighted by Crippen LogP contribution is 2.30. The lowest BCUT2D eigenvalue weighted by Crippen LogP contribution is -2.46. The van der Waals surface area contributed by atoms with Crippen molar-refractivity contribution in [3.05, 3.63) is 0 Å². The van der Waals surface area contributed by atoms with Crippen molar-refractivity contribution >= 4 is 27.9 Å². The lowest BCUT2D eigenvalue weighted by atomic mass is 9.96. The molecule has 5 heteroatoms. The Morgan fingerprint density at radius 3 is 1.62 bits per heavy atom. The molecule has 0 heterocycles. The molecule has 0 N–H and O–H groups in total. The largest absolute Gasteiger partial charge is 0.468 e. The minimum Gasteiger partial charge on any atom is -0.468 e. The average Bonchev–Trinajstić information content (AvgIpc) is 2.13. The molecule has 0 aliphatic heterocycles. The summed E-state index contributed by atoms with van der Waals surface area (Å²) < 4.78 is 7.63. The topological polar surface area (TPSA) is 52.6 Å². The van der Waals surface area contributed by atoms with E-state index < -0.39 is 16.3 Å². The van der Waals surface area contributed by atoms with E-state index in [4.69, 9.17) is 0 Å². The second-order valence-corrected chi connectivity index (χ2v) is 4.10. The molecule has 0 unspecified atom stereocenters. The van der Waals surface area contributed by atoms with Gasteiger partial charge in [0.2, 0.25) is 4.32 Å². The van der Waals surface area contributed by atoms with Crippen LogP contribution in [0.5, 0.6) is 0 Å². The summed E-state index contributed by atoms with van der Waals surface area (Å²) in [4.78, 5) is 22.6. The number of methoxy groups -OCH3 is 2. The molecule has 0 bridgehead atoms. The van der Waals surface area contributed by atoms with Crippen LogP contribution in [0, 0.1) is 5.92 Å². The maximum absolute atomic E-state index is 11.3. The number of carbonyl (C=O) groups excluding carboxylic acids is 2. The minimum absolute atomic E-state index is 0.243. The van der Waals surface area contributed by atoms with Crippen LogP contribution in [0.4, 0.5) is 0 Å². The fourth-order valence-electron chi connectivity index (χ4n) is 0.852. The zero-order chi connectivity index (χ0) is 10.6. The highest BCUT2D eigenvalue weighted by molar-refractivity contribution is 9.10. The Kier molecular flexibility index (Phi) is 4.39. The van der Waals surface area contributed by atoms with E-state index in [1.165, 1.54) is 14.2 Å². The van der Waals surface area contributed by atoms with E-state index in [1.54, 1.807) is 13.8 Å². The van der Waals surface area contributed by atoms with Gasteiger partial charge in [0, 0.05) is 0 Å². The van der Waals surface area contributed by atoms with Gasteiger partial charge < -0.3 is 9.47 Å². The van der Waals surface area contributed by atoms with Crippen LogP contribution in [0.15, 0.2) is 0 Å². The molecule has 13 heavy (non-hydrogen) atoms. The Morgan fingerprint density at radius 2 is 1.46 bits per heavy atom. The zero-order valence-electron chi connectivity index (χ0n) is 8.09. The van der Waals surface area contributed by atoms with E-state index in [2.05, 4.69) is 25.4 Å². The van der Waals surface area contributed by atoms with Gasteiger partial charge in [-0.2, -0.15) is 0 Å². The molecule has 0 atom stereocenters. The number of halogens is 1. The molecule has 0 aromatic carbocycles. The van der Waals surface area contributed by atoms with Gasteiger partial charge in [-0.05, 0) is 5.92 Å². The predicted octanol–water partition coefficient (Wildman–Crippen LogP) is 1.12. The highest BCUT2D eigenvalue weighted by Gasteiger charge is 2.48. The van der Waals surface area contributed by atoms with Crippen molar-refractivity contribution in [3.63, 3.8) is 0 Å². The third-order valence-corrected chi connectivity index (χ3v) is 3.32. The number of hydrogen-bond acceptors (Lipinski definition) is 4. The molecule has 0 spiro atoms. The monoisotopic (exact) mass is 252 g/mol. The first-order chi connectivity index (χ1) is 5.91. The van der Waals surface area contributed by atoms with Gasteiger partial charge in [0.05, 0.1) is 14.2 Å². The molecule has 0 aromatic heterocycles. The summed E-state index contributed by atoms with van der Waals surface area (Å²) in [5, 5.41) is 0. The SMILES string of the molecule is COC(=O)C(Br)(C(=O)OC)C(C)C. The molecule has 0 rings (SSSR count). The molecule has 0 saturated carbocycles. The number of alkyl halides is 1. The van der Waals surface area contributed by atoms with E-state index in [0.29, 0.717) is 0 Å². The van der Waals surface area contributed by atoms with E-state index in [9.17, 15) is 9.59 Å². The maximum atomic E-state index is 11.3. The summed E-state index contributed by atoms with van der Waals surface area (Å²) >= 11 is 3.05. The van der Waals surface area contributed by atoms with Crippen molar-refractivity contribution < 1.29 is 19.1 Å². The lowest BCUT2D eigenvalue weighted by molar-refractivity contribution is -0.157. The summed E-state index contributed by atoms with van der Waals surface area (Å²) in [5.74, 6) is -1.53. The number of hydrogen-bond donors (Lipinski definition) is 0. The smallest absolute Gasteiger partial charge is 0.334 e. The lowest BCUT2D eigenvalue weighted by Gasteiger charge is -2.25. The van der Waals surface area contributed by atoms with Crippen LogP contribution < -0.4 is 0 Å². The molecule has 76 valence electrons. The zero-order valence-corrected chi connectivity index (χ0v) is 9.67. The second-order valence-electron chi connectivity index (χ2n) is 2.85. The maximum Gasteiger partial charge on any atom is 0.334 e. The molecule has 0 fully saturated rings. The number of ether oxygens (including phenoxy) is 2. The van der Waals surface area contributed by atoms with Gasteiger partial charge in [-0.1, -0.05) is 29.8 Å². The Hall–Kier alpha value is -0.580. The van der Waals surface area contributed by atoms with Crippen molar-refractivity contribution in [2.24, 2.45) is 5.92 Å². The molecular weight excluding hydrogens is 240 g/mol. The number of carbonyl (C=O) groups is 2. The van der Waals surface area contributed by atoms with Crippen molar-refractivity contribution in [3.8, 4) is 0 Å². The van der Waals surface area contributed by atoms with Gasteiger partial charge in [-0.15, -0.1) is 0 Å². The van der Waals surface area contributed by atoms with Crippen molar-refractivity contribution in [2.45, 2.75) is 18.2 Å². The van der Waals surface area contributed by atoms with E-state index in [-0.39, 0.29) is 5.92 Å². The second kappa shape index (κ2) is 4.60. The van der Waals surface area contributed by atoms with Crippen LogP contribution >= 0.6 is 15.9 Å². The molecule has 0 amide bonds. The van der Waals surface area contributed by atoms with Gasteiger partial charge in [-0.3, -0.25) is 0 Å². The number of esters is 2. The standard InChI is InChI=1S/C8H13BrO4/c1-5(2)8(9,6(10)12-3)7(11)13-4/h5H,1-4H3. The Morgan fingerprint density at radius 1 is 1.15 bits per heavy atom. The molecule has 0 radical (unpaired) electrons. The summed E-state index contributed by atoms with van der Waals surface area (Å²) in [6.45, 7) is 3.45. The molecule has 0 aliphatic rings. The highest BCUT2D eigenvalue weighted by atomic mass is 79.9. The van der Waals surface area contributed by atoms with Crippen LogP contribution in [0.2, 0.25) is 0 Å². The van der Waals surface area contributed by atoms with Crippen molar-refractivity contribution in [2.75, 3.05) is 14.2 Å². The fraction of sp³-hybridized carbons (Fsp3) is 0.750. The Bertz CT molecular complexity index is 196. The van der Waals surface area contributed by atoms with E-state index in [1.807, 2.05) is 0 Å². The fourth-order valence-corrected chi connectivity index (χ4v) is 1.18. The predicted molar refractivity (Wildman–Crippen MR) is 50.5 cm³/mol. The first-order valence-electron chi connectivity index (χ1n) is 3.77. The molecule has 0 saturated heterocycles. The van der Waals surface area contributed by atoms with Crippen LogP contribution in [0.1, 0.15) is 13.8 Å². The third kappa shape index (κ3) is 2.21. The van der Waals surface area contributed by atoms with E-state index >= 15 is 0 Å². The summed E-state index contributed by atoms with van der Waals surface area (Å²) in [7, 11) is 2.45. The van der Waals surface area contributed by atoms with Gasteiger partial charge in [0.15, 0.2) is 0 Å². The van der Waals surface area contributed by atoms with Crippen LogP contribution in [-0.2, 0) is 19.1 Å². The Balaban J connectivity index is 4.94. The van der Waals surface area contributed by atoms with Gasteiger partial charge >= 0.3 is 11.9 Å². The van der Waals surface area contributed by atoms with Crippen LogP contribution in [0.3, 0.4) is 0 Å². The quantitative estimate of drug-likeness (QED) is 0.429. The molecule has 4 nitrogen and oxygen atoms in total. The van der Waals surface area contributed by atoms with Gasteiger partial charge in [-0.25, -0.2) is 9.59 Å². The molecule has 0 aromatic rings. The third-order valence-electron chi connectivity index (χ3n) is 1.76. The molecule has 0 aliphatic carbocycles. The summed E-state index contributed by atoms with van der Waals surface area (Å²) in [6, 6.07) is 0.